The summed E-state index contributed by atoms with van der Waals surface area (Å²) in [5.74, 6) is 0.712. The van der Waals surface area contributed by atoms with Crippen LogP contribution in [-0.4, -0.2) is 12.1 Å². The molecule has 12 heavy (non-hydrogen) atoms. The van der Waals surface area contributed by atoms with Crippen molar-refractivity contribution in [1.82, 2.24) is 4.98 Å². The minimum absolute atomic E-state index is 0.703. The van der Waals surface area contributed by atoms with Crippen LogP contribution in [-0.2, 0) is 0 Å². The van der Waals surface area contributed by atoms with Crippen molar-refractivity contribution in [2.45, 2.75) is 0 Å². The number of nitrogens with zero attached hydrogens (tertiary/aromatic N) is 1. The smallest absolute Gasteiger partial charge is 0.152 e. The van der Waals surface area contributed by atoms with Gasteiger partial charge in [0.1, 0.15) is 9.21 Å². The molecule has 0 aromatic carbocycles. The molecule has 0 N–H and O–H groups in total. The van der Waals surface area contributed by atoms with Gasteiger partial charge in [-0.1, -0.05) is 0 Å². The minimum Gasteiger partial charge on any atom is -0.494 e. The number of pyridine rings is 1. The summed E-state index contributed by atoms with van der Waals surface area (Å²) < 4.78 is 8.13. The van der Waals surface area contributed by atoms with Gasteiger partial charge in [-0.15, -0.1) is 0 Å². The lowest BCUT2D eigenvalue weighted by atomic mass is 10.4. The monoisotopic (exact) mass is 421 g/mol. The van der Waals surface area contributed by atoms with E-state index < -0.39 is 0 Å². The van der Waals surface area contributed by atoms with Crippen molar-refractivity contribution in [1.29, 1.82) is 0 Å². The predicted octanol–water partition coefficient (Wildman–Crippen LogP) is 4.14. The van der Waals surface area contributed by atoms with Gasteiger partial charge in [0, 0.05) is 0 Å². The number of rotatable bonds is 1. The SMILES string of the molecule is COc1c(Br)c(Br)nc(Br)c1Br. The zero-order chi connectivity index (χ0) is 9.30. The maximum atomic E-state index is 5.14. The van der Waals surface area contributed by atoms with Crippen molar-refractivity contribution in [2.75, 3.05) is 7.11 Å². The number of halogens is 4. The summed E-state index contributed by atoms with van der Waals surface area (Å²) in [7, 11) is 1.60. The first-order chi connectivity index (χ1) is 5.57. The van der Waals surface area contributed by atoms with Gasteiger partial charge in [-0.3, -0.25) is 0 Å². The van der Waals surface area contributed by atoms with Gasteiger partial charge in [0.2, 0.25) is 0 Å². The van der Waals surface area contributed by atoms with Gasteiger partial charge < -0.3 is 4.74 Å². The lowest BCUT2D eigenvalue weighted by Crippen LogP contribution is -1.90. The molecule has 0 spiro atoms. The summed E-state index contributed by atoms with van der Waals surface area (Å²) in [5, 5.41) is 0. The van der Waals surface area contributed by atoms with Crippen molar-refractivity contribution in [3.05, 3.63) is 18.2 Å². The molecule has 0 amide bonds. The van der Waals surface area contributed by atoms with Gasteiger partial charge in [0.25, 0.3) is 0 Å². The van der Waals surface area contributed by atoms with Crippen LogP contribution in [0.5, 0.6) is 5.75 Å². The summed E-state index contributed by atoms with van der Waals surface area (Å²) in [4.78, 5) is 4.14. The first-order valence-electron chi connectivity index (χ1n) is 2.82. The Labute approximate surface area is 104 Å². The molecule has 0 aliphatic carbocycles. The van der Waals surface area contributed by atoms with Crippen LogP contribution < -0.4 is 4.74 Å². The Kier molecular flexibility index (Phi) is 4.01. The highest BCUT2D eigenvalue weighted by atomic mass is 79.9. The average molecular weight is 425 g/mol. The van der Waals surface area contributed by atoms with E-state index in [4.69, 9.17) is 4.74 Å². The Hall–Kier alpha value is 0.870. The Bertz CT molecular complexity index is 289. The fourth-order valence-corrected chi connectivity index (χ4v) is 2.76. The van der Waals surface area contributed by atoms with Crippen molar-refractivity contribution < 1.29 is 4.74 Å². The third-order valence-electron chi connectivity index (χ3n) is 1.16. The van der Waals surface area contributed by atoms with Crippen LogP contribution in [0.1, 0.15) is 0 Å². The first-order valence-corrected chi connectivity index (χ1v) is 5.99. The van der Waals surface area contributed by atoms with E-state index in [1.165, 1.54) is 0 Å². The molecule has 1 heterocycles. The number of ether oxygens (including phenoxy) is 1. The van der Waals surface area contributed by atoms with Crippen molar-refractivity contribution in [3.8, 4) is 5.75 Å². The second kappa shape index (κ2) is 4.39. The van der Waals surface area contributed by atoms with Crippen LogP contribution in [0.2, 0.25) is 0 Å². The normalized spacial score (nSPS) is 10.1. The number of methoxy groups -OCH3 is 1. The Morgan fingerprint density at radius 3 is 1.75 bits per heavy atom. The molecule has 0 unspecified atom stereocenters. The number of aromatic nitrogens is 1. The Morgan fingerprint density at radius 1 is 1.00 bits per heavy atom. The summed E-state index contributed by atoms with van der Waals surface area (Å²) >= 11 is 13.2. The van der Waals surface area contributed by atoms with Crippen LogP contribution in [0.25, 0.3) is 0 Å². The quantitative estimate of drug-likeness (QED) is 0.632. The molecule has 0 fully saturated rings. The molecular formula is C6H3Br4NO. The van der Waals surface area contributed by atoms with E-state index in [2.05, 4.69) is 68.7 Å². The van der Waals surface area contributed by atoms with E-state index in [1.54, 1.807) is 7.11 Å². The van der Waals surface area contributed by atoms with E-state index in [9.17, 15) is 0 Å². The zero-order valence-electron chi connectivity index (χ0n) is 5.87. The Morgan fingerprint density at radius 2 is 1.42 bits per heavy atom. The molecule has 66 valence electrons. The molecule has 0 saturated heterocycles. The minimum atomic E-state index is 0.703. The molecule has 0 saturated carbocycles. The highest BCUT2D eigenvalue weighted by molar-refractivity contribution is 9.14. The fraction of sp³-hybridized carbons (Fsp3) is 0.167. The summed E-state index contributed by atoms with van der Waals surface area (Å²) in [5.41, 5.74) is 0. The topological polar surface area (TPSA) is 22.1 Å². The van der Waals surface area contributed by atoms with Gasteiger partial charge in [0.15, 0.2) is 5.75 Å². The lowest BCUT2D eigenvalue weighted by molar-refractivity contribution is 0.407. The highest BCUT2D eigenvalue weighted by Crippen LogP contribution is 2.40. The predicted molar refractivity (Wildman–Crippen MR) is 61.6 cm³/mol. The fourth-order valence-electron chi connectivity index (χ4n) is 0.647. The van der Waals surface area contributed by atoms with E-state index in [0.29, 0.717) is 15.0 Å². The van der Waals surface area contributed by atoms with Gasteiger partial charge in [-0.25, -0.2) is 4.98 Å². The summed E-state index contributed by atoms with van der Waals surface area (Å²) in [6.07, 6.45) is 0. The molecule has 2 nitrogen and oxygen atoms in total. The van der Waals surface area contributed by atoms with Gasteiger partial charge >= 0.3 is 0 Å². The second-order valence-electron chi connectivity index (χ2n) is 1.85. The molecule has 1 aromatic rings. The number of hydrogen-bond acceptors (Lipinski definition) is 2. The van der Waals surface area contributed by atoms with Crippen molar-refractivity contribution in [3.63, 3.8) is 0 Å². The zero-order valence-corrected chi connectivity index (χ0v) is 12.2. The summed E-state index contributed by atoms with van der Waals surface area (Å²) in [6, 6.07) is 0. The molecular weight excluding hydrogens is 422 g/mol. The molecule has 1 rings (SSSR count). The van der Waals surface area contributed by atoms with Crippen LogP contribution in [0, 0.1) is 0 Å². The van der Waals surface area contributed by atoms with E-state index in [0.717, 1.165) is 8.95 Å². The van der Waals surface area contributed by atoms with Crippen molar-refractivity contribution >= 4 is 63.7 Å². The first kappa shape index (κ1) is 10.9. The third-order valence-corrected chi connectivity index (χ3v) is 4.84. The van der Waals surface area contributed by atoms with Gasteiger partial charge in [-0.05, 0) is 63.7 Å². The maximum absolute atomic E-state index is 5.14. The van der Waals surface area contributed by atoms with Crippen LogP contribution in [0.4, 0.5) is 0 Å². The third kappa shape index (κ3) is 2.02. The van der Waals surface area contributed by atoms with Crippen LogP contribution in [0.3, 0.4) is 0 Å². The second-order valence-corrected chi connectivity index (χ2v) is 4.94. The molecule has 6 heteroatoms. The Balaban J connectivity index is 3.42. The largest absolute Gasteiger partial charge is 0.494 e. The molecule has 0 radical (unpaired) electrons. The molecule has 0 bridgehead atoms. The number of hydrogen-bond donors (Lipinski definition) is 0. The highest BCUT2D eigenvalue weighted by Gasteiger charge is 2.13. The van der Waals surface area contributed by atoms with E-state index >= 15 is 0 Å². The summed E-state index contributed by atoms with van der Waals surface area (Å²) in [6.45, 7) is 0. The molecule has 0 atom stereocenters. The molecule has 0 aliphatic heterocycles. The molecule has 0 aliphatic rings. The van der Waals surface area contributed by atoms with Gasteiger partial charge in [-0.2, -0.15) is 0 Å². The standard InChI is InChI=1S/C6H3Br4NO/c1-12-4-2(7)5(9)11-6(10)3(4)8/h1H3. The average Bonchev–Trinajstić information content (AvgIpc) is 2.02. The van der Waals surface area contributed by atoms with E-state index in [-0.39, 0.29) is 0 Å². The lowest BCUT2D eigenvalue weighted by Gasteiger charge is -2.07. The maximum Gasteiger partial charge on any atom is 0.152 e. The van der Waals surface area contributed by atoms with Crippen LogP contribution >= 0.6 is 63.7 Å². The van der Waals surface area contributed by atoms with E-state index in [1.807, 2.05) is 0 Å². The van der Waals surface area contributed by atoms with Crippen molar-refractivity contribution in [2.24, 2.45) is 0 Å². The molecule has 1 aromatic heterocycles. The van der Waals surface area contributed by atoms with Crippen LogP contribution in [0.15, 0.2) is 18.2 Å². The van der Waals surface area contributed by atoms with Gasteiger partial charge in [0.05, 0.1) is 16.1 Å².